The lowest BCUT2D eigenvalue weighted by molar-refractivity contribution is 0.0581. The molecule has 18 heavy (non-hydrogen) atoms. The first-order chi connectivity index (χ1) is 8.61. The number of aromatic hydroxyl groups is 1. The molecule has 98 valence electrons. The average molecular weight is 248 g/mol. The molecule has 2 atom stereocenters. The summed E-state index contributed by atoms with van der Waals surface area (Å²) in [6, 6.07) is 6.71. The minimum Gasteiger partial charge on any atom is -0.507 e. The summed E-state index contributed by atoms with van der Waals surface area (Å²) >= 11 is 0. The highest BCUT2D eigenvalue weighted by Gasteiger charge is 2.30. The van der Waals surface area contributed by atoms with Crippen molar-refractivity contribution in [2.45, 2.75) is 38.3 Å². The Kier molecular flexibility index (Phi) is 3.87. The smallest absolute Gasteiger partial charge is 0.257 e. The van der Waals surface area contributed by atoms with Gasteiger partial charge in [-0.3, -0.25) is 4.79 Å². The van der Waals surface area contributed by atoms with Crippen molar-refractivity contribution in [3.05, 3.63) is 29.8 Å². The summed E-state index contributed by atoms with van der Waals surface area (Å²) < 4.78 is 0. The van der Waals surface area contributed by atoms with Crippen molar-refractivity contribution in [3.8, 4) is 5.75 Å². The Balaban J connectivity index is 2.24. The van der Waals surface area contributed by atoms with Crippen LogP contribution in [-0.4, -0.2) is 34.5 Å². The molecule has 1 amide bonds. The molecule has 2 rings (SSSR count). The van der Waals surface area contributed by atoms with E-state index in [4.69, 9.17) is 5.73 Å². The monoisotopic (exact) mass is 248 g/mol. The second-order valence-corrected chi connectivity index (χ2v) is 4.94. The van der Waals surface area contributed by atoms with E-state index in [1.807, 2.05) is 11.8 Å². The van der Waals surface area contributed by atoms with E-state index >= 15 is 0 Å². The second-order valence-electron chi connectivity index (χ2n) is 4.94. The third kappa shape index (κ3) is 2.48. The van der Waals surface area contributed by atoms with Crippen LogP contribution in [0.15, 0.2) is 24.3 Å². The molecule has 1 aromatic carbocycles. The highest BCUT2D eigenvalue weighted by Crippen LogP contribution is 2.24. The Bertz CT molecular complexity index is 432. The number of carbonyl (C=O) groups is 1. The van der Waals surface area contributed by atoms with Gasteiger partial charge in [-0.05, 0) is 38.3 Å². The van der Waals surface area contributed by atoms with Crippen LogP contribution < -0.4 is 5.73 Å². The summed E-state index contributed by atoms with van der Waals surface area (Å²) in [6.45, 7) is 2.65. The molecule has 1 saturated heterocycles. The van der Waals surface area contributed by atoms with Gasteiger partial charge in [0.05, 0.1) is 5.56 Å². The predicted octanol–water partition coefficient (Wildman–Crippen LogP) is 1.73. The third-order valence-electron chi connectivity index (χ3n) is 3.55. The summed E-state index contributed by atoms with van der Waals surface area (Å²) in [7, 11) is 0. The van der Waals surface area contributed by atoms with E-state index in [0.717, 1.165) is 25.8 Å². The van der Waals surface area contributed by atoms with E-state index in [-0.39, 0.29) is 23.7 Å². The summed E-state index contributed by atoms with van der Waals surface area (Å²) in [5, 5.41) is 9.76. The van der Waals surface area contributed by atoms with E-state index < -0.39 is 0 Å². The number of rotatable bonds is 2. The van der Waals surface area contributed by atoms with Crippen LogP contribution >= 0.6 is 0 Å². The van der Waals surface area contributed by atoms with Crippen molar-refractivity contribution in [3.63, 3.8) is 0 Å². The first-order valence-electron chi connectivity index (χ1n) is 6.46. The van der Waals surface area contributed by atoms with Crippen molar-refractivity contribution in [1.82, 2.24) is 4.90 Å². The lowest BCUT2D eigenvalue weighted by Gasteiger charge is -2.38. The standard InChI is InChI=1S/C14H20N2O2/c1-10(15)12-7-4-5-9-16(12)14(18)11-6-2-3-8-13(11)17/h2-3,6,8,10,12,17H,4-5,7,9,15H2,1H3. The number of phenolic OH excluding ortho intramolecular Hbond substituents is 1. The van der Waals surface area contributed by atoms with Crippen molar-refractivity contribution in [1.29, 1.82) is 0 Å². The number of hydrogen-bond donors (Lipinski definition) is 2. The Morgan fingerprint density at radius 2 is 2.17 bits per heavy atom. The minimum atomic E-state index is -0.116. The van der Waals surface area contributed by atoms with E-state index in [1.165, 1.54) is 6.07 Å². The number of piperidine rings is 1. The molecular weight excluding hydrogens is 228 g/mol. The van der Waals surface area contributed by atoms with Gasteiger partial charge in [0.15, 0.2) is 0 Å². The first-order valence-corrected chi connectivity index (χ1v) is 6.46. The summed E-state index contributed by atoms with van der Waals surface area (Å²) in [6.07, 6.45) is 3.05. The van der Waals surface area contributed by atoms with E-state index in [9.17, 15) is 9.90 Å². The van der Waals surface area contributed by atoms with Crippen LogP contribution in [0.2, 0.25) is 0 Å². The number of phenols is 1. The first kappa shape index (κ1) is 12.9. The fourth-order valence-corrected chi connectivity index (χ4v) is 2.57. The number of hydrogen-bond acceptors (Lipinski definition) is 3. The quantitative estimate of drug-likeness (QED) is 0.837. The number of likely N-dealkylation sites (tertiary alicyclic amines) is 1. The van der Waals surface area contributed by atoms with Crippen molar-refractivity contribution in [2.75, 3.05) is 6.54 Å². The van der Waals surface area contributed by atoms with Crippen molar-refractivity contribution >= 4 is 5.91 Å². The molecule has 0 saturated carbocycles. The molecule has 0 spiro atoms. The lowest BCUT2D eigenvalue weighted by Crippen LogP contribution is -2.51. The zero-order chi connectivity index (χ0) is 13.1. The largest absolute Gasteiger partial charge is 0.507 e. The summed E-state index contributed by atoms with van der Waals surface area (Å²) in [4.78, 5) is 14.3. The SMILES string of the molecule is CC(N)C1CCCCN1C(=O)c1ccccc1O. The number of amides is 1. The minimum absolute atomic E-state index is 0.0384. The molecule has 2 unspecified atom stereocenters. The van der Waals surface area contributed by atoms with Crippen LogP contribution in [0, 0.1) is 0 Å². The third-order valence-corrected chi connectivity index (χ3v) is 3.55. The van der Waals surface area contributed by atoms with Gasteiger partial charge < -0.3 is 15.7 Å². The molecule has 3 N–H and O–H groups in total. The van der Waals surface area contributed by atoms with Gasteiger partial charge >= 0.3 is 0 Å². The fourth-order valence-electron chi connectivity index (χ4n) is 2.57. The van der Waals surface area contributed by atoms with Crippen LogP contribution in [0.4, 0.5) is 0 Å². The summed E-state index contributed by atoms with van der Waals surface area (Å²) in [5.41, 5.74) is 6.32. The normalized spacial score (nSPS) is 21.7. The number of nitrogens with two attached hydrogens (primary N) is 1. The summed E-state index contributed by atoms with van der Waals surface area (Å²) in [5.74, 6) is -0.0772. The van der Waals surface area contributed by atoms with E-state index in [2.05, 4.69) is 0 Å². The maximum Gasteiger partial charge on any atom is 0.257 e. The molecule has 0 bridgehead atoms. The molecule has 4 heteroatoms. The second kappa shape index (κ2) is 5.40. The van der Waals surface area contributed by atoms with Gasteiger partial charge in [-0.15, -0.1) is 0 Å². The number of carbonyl (C=O) groups excluding carboxylic acids is 1. The number of nitrogens with zero attached hydrogens (tertiary/aromatic N) is 1. The molecule has 0 aromatic heterocycles. The molecule has 1 heterocycles. The van der Waals surface area contributed by atoms with Gasteiger partial charge in [-0.25, -0.2) is 0 Å². The Morgan fingerprint density at radius 3 is 2.83 bits per heavy atom. The van der Waals surface area contributed by atoms with Crippen LogP contribution in [-0.2, 0) is 0 Å². The zero-order valence-corrected chi connectivity index (χ0v) is 10.7. The number of benzene rings is 1. The average Bonchev–Trinajstić information content (AvgIpc) is 2.38. The van der Waals surface area contributed by atoms with Crippen molar-refractivity contribution < 1.29 is 9.90 Å². The Labute approximate surface area is 107 Å². The van der Waals surface area contributed by atoms with Crippen LogP contribution in [0.5, 0.6) is 5.75 Å². The van der Waals surface area contributed by atoms with Gasteiger partial charge in [0, 0.05) is 18.6 Å². The van der Waals surface area contributed by atoms with Gasteiger partial charge in [0.25, 0.3) is 5.91 Å². The van der Waals surface area contributed by atoms with Crippen LogP contribution in [0.25, 0.3) is 0 Å². The maximum atomic E-state index is 12.4. The fraction of sp³-hybridized carbons (Fsp3) is 0.500. The molecule has 0 aliphatic carbocycles. The molecule has 1 aliphatic rings. The van der Waals surface area contributed by atoms with Crippen LogP contribution in [0.3, 0.4) is 0 Å². The van der Waals surface area contributed by atoms with Gasteiger partial charge in [0.1, 0.15) is 5.75 Å². The van der Waals surface area contributed by atoms with Crippen LogP contribution in [0.1, 0.15) is 36.5 Å². The molecule has 1 aromatic rings. The van der Waals surface area contributed by atoms with Gasteiger partial charge in [0.2, 0.25) is 0 Å². The molecule has 1 aliphatic heterocycles. The zero-order valence-electron chi connectivity index (χ0n) is 10.7. The topological polar surface area (TPSA) is 66.6 Å². The number of para-hydroxylation sites is 1. The van der Waals surface area contributed by atoms with Gasteiger partial charge in [-0.1, -0.05) is 12.1 Å². The van der Waals surface area contributed by atoms with Crippen molar-refractivity contribution in [2.24, 2.45) is 5.73 Å². The highest BCUT2D eigenvalue weighted by molar-refractivity contribution is 5.97. The van der Waals surface area contributed by atoms with E-state index in [0.29, 0.717) is 5.56 Å². The lowest BCUT2D eigenvalue weighted by atomic mass is 9.96. The maximum absolute atomic E-state index is 12.4. The molecule has 0 radical (unpaired) electrons. The van der Waals surface area contributed by atoms with Gasteiger partial charge in [-0.2, -0.15) is 0 Å². The molecule has 1 fully saturated rings. The highest BCUT2D eigenvalue weighted by atomic mass is 16.3. The predicted molar refractivity (Wildman–Crippen MR) is 70.4 cm³/mol. The molecular formula is C14H20N2O2. The Hall–Kier alpha value is -1.55. The van der Waals surface area contributed by atoms with E-state index in [1.54, 1.807) is 18.2 Å². The molecule has 4 nitrogen and oxygen atoms in total. The Morgan fingerprint density at radius 1 is 1.44 bits per heavy atom.